The van der Waals surface area contributed by atoms with E-state index in [4.69, 9.17) is 14.6 Å². The zero-order valence-electron chi connectivity index (χ0n) is 11.3. The van der Waals surface area contributed by atoms with Gasteiger partial charge in [0.05, 0.1) is 32.5 Å². The first kappa shape index (κ1) is 15.9. The van der Waals surface area contributed by atoms with Crippen molar-refractivity contribution >= 4 is 0 Å². The van der Waals surface area contributed by atoms with E-state index in [1.54, 1.807) is 0 Å². The predicted molar refractivity (Wildman–Crippen MR) is 66.6 cm³/mol. The number of aliphatic hydroxyl groups excluding tert-OH is 1. The van der Waals surface area contributed by atoms with Gasteiger partial charge in [-0.05, 0) is 11.8 Å². The molecule has 0 aromatic heterocycles. The second-order valence-electron chi connectivity index (χ2n) is 5.20. The number of aliphatic hydroxyl groups is 1. The third-order valence-corrected chi connectivity index (χ3v) is 2.57. The molecule has 0 saturated carbocycles. The van der Waals surface area contributed by atoms with E-state index < -0.39 is 0 Å². The van der Waals surface area contributed by atoms with Crippen molar-refractivity contribution in [2.75, 3.05) is 26.4 Å². The van der Waals surface area contributed by atoms with E-state index in [1.807, 2.05) is 0 Å². The molecule has 3 heteroatoms. The molecule has 0 amide bonds. The maximum Gasteiger partial charge on any atom is 0.0704 e. The minimum atomic E-state index is 0.0819. The van der Waals surface area contributed by atoms with Crippen molar-refractivity contribution in [1.82, 2.24) is 0 Å². The van der Waals surface area contributed by atoms with Gasteiger partial charge in [0.2, 0.25) is 0 Å². The van der Waals surface area contributed by atoms with Crippen LogP contribution in [-0.4, -0.2) is 37.6 Å². The molecule has 0 radical (unpaired) electrons. The molecule has 3 nitrogen and oxygen atoms in total. The highest BCUT2D eigenvalue weighted by molar-refractivity contribution is 4.74. The summed E-state index contributed by atoms with van der Waals surface area (Å²) < 4.78 is 11.0. The van der Waals surface area contributed by atoms with E-state index in [0.29, 0.717) is 25.9 Å². The fourth-order valence-electron chi connectivity index (χ4n) is 1.57. The second-order valence-corrected chi connectivity index (χ2v) is 5.20. The summed E-state index contributed by atoms with van der Waals surface area (Å²) in [5.74, 6) is 0. The maximum atomic E-state index is 8.55. The van der Waals surface area contributed by atoms with Crippen LogP contribution in [0, 0.1) is 5.41 Å². The lowest BCUT2D eigenvalue weighted by molar-refractivity contribution is -0.0505. The highest BCUT2D eigenvalue weighted by Gasteiger charge is 2.24. The molecule has 0 aromatic carbocycles. The Hall–Kier alpha value is -0.120. The lowest BCUT2D eigenvalue weighted by atomic mass is 9.86. The number of hydrogen-bond acceptors (Lipinski definition) is 3. The third-order valence-electron chi connectivity index (χ3n) is 2.57. The molecule has 98 valence electrons. The van der Waals surface area contributed by atoms with E-state index in [-0.39, 0.29) is 12.0 Å². The van der Waals surface area contributed by atoms with E-state index in [9.17, 15) is 0 Å². The van der Waals surface area contributed by atoms with Crippen molar-refractivity contribution in [3.05, 3.63) is 0 Å². The molecule has 0 fully saturated rings. The Labute approximate surface area is 100 Å². The molecule has 0 bridgehead atoms. The van der Waals surface area contributed by atoms with Gasteiger partial charge < -0.3 is 14.6 Å². The summed E-state index contributed by atoms with van der Waals surface area (Å²) in [4.78, 5) is 0. The van der Waals surface area contributed by atoms with Crippen LogP contribution in [0.5, 0.6) is 0 Å². The van der Waals surface area contributed by atoms with Gasteiger partial charge in [-0.3, -0.25) is 0 Å². The van der Waals surface area contributed by atoms with Crippen LogP contribution in [-0.2, 0) is 9.47 Å². The van der Waals surface area contributed by atoms with E-state index in [0.717, 1.165) is 6.42 Å². The van der Waals surface area contributed by atoms with Crippen molar-refractivity contribution in [3.63, 3.8) is 0 Å². The van der Waals surface area contributed by atoms with Gasteiger partial charge in [0, 0.05) is 0 Å². The predicted octanol–water partition coefficient (Wildman–Crippen LogP) is 2.62. The molecule has 1 atom stereocenters. The van der Waals surface area contributed by atoms with Gasteiger partial charge in [0.25, 0.3) is 0 Å². The van der Waals surface area contributed by atoms with Crippen LogP contribution in [0.4, 0.5) is 0 Å². The largest absolute Gasteiger partial charge is 0.394 e. The Morgan fingerprint density at radius 1 is 1.12 bits per heavy atom. The normalized spacial score (nSPS) is 14.1. The number of hydrogen-bond donors (Lipinski definition) is 1. The molecule has 0 aliphatic rings. The number of ether oxygens (including phenoxy) is 2. The first-order valence-corrected chi connectivity index (χ1v) is 6.32. The van der Waals surface area contributed by atoms with Crippen molar-refractivity contribution in [3.8, 4) is 0 Å². The van der Waals surface area contributed by atoms with Gasteiger partial charge in [-0.15, -0.1) is 0 Å². The summed E-state index contributed by atoms with van der Waals surface area (Å²) in [5, 5.41) is 8.55. The zero-order chi connectivity index (χ0) is 12.4. The lowest BCUT2D eigenvalue weighted by Crippen LogP contribution is -2.30. The quantitative estimate of drug-likeness (QED) is 0.621. The van der Waals surface area contributed by atoms with Gasteiger partial charge in [0.15, 0.2) is 0 Å². The Kier molecular flexibility index (Phi) is 8.90. The minimum absolute atomic E-state index is 0.0819. The summed E-state index contributed by atoms with van der Waals surface area (Å²) in [6.07, 6.45) is 3.82. The van der Waals surface area contributed by atoms with Crippen LogP contribution in [0.15, 0.2) is 0 Å². The summed E-state index contributed by atoms with van der Waals surface area (Å²) in [6, 6.07) is 0. The van der Waals surface area contributed by atoms with Gasteiger partial charge in [0.1, 0.15) is 0 Å². The molecular formula is C13H28O3. The van der Waals surface area contributed by atoms with Crippen molar-refractivity contribution in [2.45, 2.75) is 53.1 Å². The minimum Gasteiger partial charge on any atom is -0.394 e. The fraction of sp³-hybridized carbons (Fsp3) is 1.00. The van der Waals surface area contributed by atoms with Gasteiger partial charge in [-0.2, -0.15) is 0 Å². The fourth-order valence-corrected chi connectivity index (χ4v) is 1.57. The van der Waals surface area contributed by atoms with Crippen molar-refractivity contribution < 1.29 is 14.6 Å². The summed E-state index contributed by atoms with van der Waals surface area (Å²) in [7, 11) is 0. The molecule has 0 spiro atoms. The maximum absolute atomic E-state index is 8.55. The SMILES string of the molecule is CCCCC(OCCOCCO)C(C)(C)C. The molecule has 1 unspecified atom stereocenters. The van der Waals surface area contributed by atoms with Crippen molar-refractivity contribution in [1.29, 1.82) is 0 Å². The third kappa shape index (κ3) is 8.08. The van der Waals surface area contributed by atoms with Gasteiger partial charge >= 0.3 is 0 Å². The lowest BCUT2D eigenvalue weighted by Gasteiger charge is -2.30. The molecule has 0 aliphatic heterocycles. The van der Waals surface area contributed by atoms with Gasteiger partial charge in [-0.25, -0.2) is 0 Å². The molecular weight excluding hydrogens is 204 g/mol. The van der Waals surface area contributed by atoms with Crippen LogP contribution in [0.3, 0.4) is 0 Å². The molecule has 0 saturated heterocycles. The number of unbranched alkanes of at least 4 members (excludes halogenated alkanes) is 1. The Morgan fingerprint density at radius 2 is 1.81 bits per heavy atom. The van der Waals surface area contributed by atoms with Gasteiger partial charge in [-0.1, -0.05) is 40.5 Å². The monoisotopic (exact) mass is 232 g/mol. The molecule has 0 heterocycles. The molecule has 0 aliphatic carbocycles. The van der Waals surface area contributed by atoms with E-state index in [1.165, 1.54) is 12.8 Å². The smallest absolute Gasteiger partial charge is 0.0704 e. The number of rotatable bonds is 9. The average molecular weight is 232 g/mol. The zero-order valence-corrected chi connectivity index (χ0v) is 11.3. The second kappa shape index (κ2) is 8.97. The Balaban J connectivity index is 3.75. The molecule has 1 N–H and O–H groups in total. The van der Waals surface area contributed by atoms with Crippen LogP contribution < -0.4 is 0 Å². The van der Waals surface area contributed by atoms with Crippen LogP contribution >= 0.6 is 0 Å². The van der Waals surface area contributed by atoms with E-state index >= 15 is 0 Å². The van der Waals surface area contributed by atoms with Crippen LogP contribution in [0.25, 0.3) is 0 Å². The average Bonchev–Trinajstić information content (AvgIpc) is 2.20. The van der Waals surface area contributed by atoms with E-state index in [2.05, 4.69) is 27.7 Å². The van der Waals surface area contributed by atoms with Crippen molar-refractivity contribution in [2.24, 2.45) is 5.41 Å². The Bertz CT molecular complexity index is 152. The highest BCUT2D eigenvalue weighted by atomic mass is 16.5. The summed E-state index contributed by atoms with van der Waals surface area (Å²) in [5.41, 5.74) is 0.187. The molecule has 16 heavy (non-hydrogen) atoms. The first-order chi connectivity index (χ1) is 7.52. The summed E-state index contributed by atoms with van der Waals surface area (Å²) in [6.45, 7) is 10.5. The first-order valence-electron chi connectivity index (χ1n) is 6.32. The summed E-state index contributed by atoms with van der Waals surface area (Å²) >= 11 is 0. The van der Waals surface area contributed by atoms with Crippen LogP contribution in [0.2, 0.25) is 0 Å². The van der Waals surface area contributed by atoms with Crippen LogP contribution in [0.1, 0.15) is 47.0 Å². The topological polar surface area (TPSA) is 38.7 Å². The standard InChI is InChI=1S/C13H28O3/c1-5-6-7-12(13(2,3)4)16-11-10-15-9-8-14/h12,14H,5-11H2,1-4H3. The molecule has 0 aromatic rings. The highest BCUT2D eigenvalue weighted by Crippen LogP contribution is 2.26. The molecule has 0 rings (SSSR count). The Morgan fingerprint density at radius 3 is 2.31 bits per heavy atom.